The van der Waals surface area contributed by atoms with Gasteiger partial charge in [0.2, 0.25) is 10.0 Å². The number of nitrogens with two attached hydrogens (primary N) is 1. The van der Waals surface area contributed by atoms with Gasteiger partial charge in [-0.05, 0) is 18.1 Å². The number of hydrogen-bond donors (Lipinski definition) is 2. The second-order valence-corrected chi connectivity index (χ2v) is 6.40. The molecule has 1 aromatic rings. The fraction of sp³-hybridized carbons (Fsp3) is 0.538. The highest BCUT2D eigenvalue weighted by Gasteiger charge is 2.22. The van der Waals surface area contributed by atoms with Gasteiger partial charge in [-0.1, -0.05) is 31.5 Å². The minimum absolute atomic E-state index is 0.122. The Bertz CT molecular complexity index is 488. The lowest BCUT2D eigenvalue weighted by Crippen LogP contribution is -2.35. The fourth-order valence-electron chi connectivity index (χ4n) is 1.79. The summed E-state index contributed by atoms with van der Waals surface area (Å²) in [6.07, 6.45) is 1.69. The van der Waals surface area contributed by atoms with Crippen LogP contribution in [0.1, 0.15) is 25.3 Å². The molecule has 0 aliphatic carbocycles. The lowest BCUT2D eigenvalue weighted by molar-refractivity contribution is 0.252. The zero-order valence-electron chi connectivity index (χ0n) is 11.2. The Morgan fingerprint density at radius 1 is 1.26 bits per heavy atom. The van der Waals surface area contributed by atoms with Crippen LogP contribution in [-0.2, 0) is 15.8 Å². The third-order valence-corrected chi connectivity index (χ3v) is 4.72. The number of aliphatic hydroxyl groups excluding tert-OH is 1. The number of benzene rings is 1. The highest BCUT2D eigenvalue weighted by atomic mass is 32.2. The molecule has 1 aromatic carbocycles. The number of nitrogens with zero attached hydrogens (tertiary/aromatic N) is 1. The summed E-state index contributed by atoms with van der Waals surface area (Å²) in [5, 5.41) is 8.99. The first-order valence-corrected chi connectivity index (χ1v) is 8.04. The number of hydrogen-bond acceptors (Lipinski definition) is 4. The molecule has 0 fully saturated rings. The van der Waals surface area contributed by atoms with Crippen molar-refractivity contribution < 1.29 is 13.5 Å². The van der Waals surface area contributed by atoms with E-state index in [2.05, 4.69) is 0 Å². The van der Waals surface area contributed by atoms with Crippen molar-refractivity contribution >= 4 is 15.7 Å². The summed E-state index contributed by atoms with van der Waals surface area (Å²) in [6, 6.07) is 6.94. The molecule has 0 atom stereocenters. The molecule has 6 heteroatoms. The average Bonchev–Trinajstić information content (AvgIpc) is 2.37. The highest BCUT2D eigenvalue weighted by Crippen LogP contribution is 2.17. The average molecular weight is 286 g/mol. The molecule has 5 nitrogen and oxygen atoms in total. The van der Waals surface area contributed by atoms with E-state index in [0.717, 1.165) is 12.8 Å². The third-order valence-electron chi connectivity index (χ3n) is 2.90. The Morgan fingerprint density at radius 2 is 1.95 bits per heavy atom. The lowest BCUT2D eigenvalue weighted by Gasteiger charge is -2.21. The maximum Gasteiger partial charge on any atom is 0.218 e. The van der Waals surface area contributed by atoms with Crippen LogP contribution in [0.15, 0.2) is 24.3 Å². The molecule has 0 bridgehead atoms. The maximum absolute atomic E-state index is 12.3. The number of nitrogen functional groups attached to an aromatic ring is 1. The summed E-state index contributed by atoms with van der Waals surface area (Å²) >= 11 is 0. The lowest BCUT2D eigenvalue weighted by atomic mass is 10.2. The topological polar surface area (TPSA) is 83.6 Å². The predicted molar refractivity (Wildman–Crippen MR) is 77.0 cm³/mol. The number of anilines is 1. The van der Waals surface area contributed by atoms with E-state index in [1.165, 1.54) is 4.31 Å². The molecule has 0 heterocycles. The van der Waals surface area contributed by atoms with E-state index in [-0.39, 0.29) is 18.9 Å². The molecular formula is C13H22N2O3S. The van der Waals surface area contributed by atoms with Crippen LogP contribution in [0.4, 0.5) is 5.69 Å². The number of unbranched alkanes of at least 4 members (excludes halogenated alkanes) is 1. The Hall–Kier alpha value is -1.11. The largest absolute Gasteiger partial charge is 0.398 e. The van der Waals surface area contributed by atoms with Gasteiger partial charge in [-0.15, -0.1) is 0 Å². The first-order valence-electron chi connectivity index (χ1n) is 6.43. The van der Waals surface area contributed by atoms with E-state index >= 15 is 0 Å². The molecule has 0 aromatic heterocycles. The van der Waals surface area contributed by atoms with Crippen LogP contribution in [0.25, 0.3) is 0 Å². The van der Waals surface area contributed by atoms with Crippen molar-refractivity contribution in [2.45, 2.75) is 25.5 Å². The quantitative estimate of drug-likeness (QED) is 0.703. The molecule has 0 saturated carbocycles. The minimum Gasteiger partial charge on any atom is -0.398 e. The molecule has 19 heavy (non-hydrogen) atoms. The predicted octanol–water partition coefficient (Wildman–Crippen LogP) is 1.19. The summed E-state index contributed by atoms with van der Waals surface area (Å²) in [4.78, 5) is 0. The number of para-hydroxylation sites is 1. The van der Waals surface area contributed by atoms with Crippen molar-refractivity contribution in [3.8, 4) is 0 Å². The van der Waals surface area contributed by atoms with Crippen molar-refractivity contribution in [3.63, 3.8) is 0 Å². The smallest absolute Gasteiger partial charge is 0.218 e. The van der Waals surface area contributed by atoms with E-state index in [1.807, 2.05) is 6.92 Å². The van der Waals surface area contributed by atoms with Gasteiger partial charge < -0.3 is 10.8 Å². The Labute approximate surface area is 115 Å². The zero-order valence-corrected chi connectivity index (χ0v) is 12.1. The van der Waals surface area contributed by atoms with Gasteiger partial charge in [0.25, 0.3) is 0 Å². The molecule has 0 spiro atoms. The van der Waals surface area contributed by atoms with Crippen LogP contribution < -0.4 is 5.73 Å². The minimum atomic E-state index is -3.44. The van der Waals surface area contributed by atoms with Gasteiger partial charge in [0.05, 0.1) is 12.4 Å². The van der Waals surface area contributed by atoms with Gasteiger partial charge in [0.1, 0.15) is 0 Å². The molecule has 0 amide bonds. The fourth-order valence-corrected chi connectivity index (χ4v) is 3.39. The summed E-state index contributed by atoms with van der Waals surface area (Å²) in [6.45, 7) is 2.40. The zero-order chi connectivity index (χ0) is 14.3. The van der Waals surface area contributed by atoms with E-state index in [4.69, 9.17) is 10.8 Å². The number of aliphatic hydroxyl groups is 1. The Kier molecular flexibility index (Phi) is 6.27. The first kappa shape index (κ1) is 15.9. The summed E-state index contributed by atoms with van der Waals surface area (Å²) in [7, 11) is -3.44. The summed E-state index contributed by atoms with van der Waals surface area (Å²) < 4.78 is 26.0. The van der Waals surface area contributed by atoms with E-state index in [1.54, 1.807) is 24.3 Å². The van der Waals surface area contributed by atoms with Crippen molar-refractivity contribution in [1.82, 2.24) is 4.31 Å². The van der Waals surface area contributed by atoms with E-state index in [9.17, 15) is 8.42 Å². The second kappa shape index (κ2) is 7.47. The van der Waals surface area contributed by atoms with Crippen LogP contribution in [0.3, 0.4) is 0 Å². The van der Waals surface area contributed by atoms with E-state index < -0.39 is 10.0 Å². The van der Waals surface area contributed by atoms with Crippen molar-refractivity contribution in [1.29, 1.82) is 0 Å². The summed E-state index contributed by atoms with van der Waals surface area (Å²) in [5.41, 5.74) is 6.85. The molecule has 0 saturated heterocycles. The van der Waals surface area contributed by atoms with Gasteiger partial charge in [0, 0.05) is 18.8 Å². The summed E-state index contributed by atoms with van der Waals surface area (Å²) in [5.74, 6) is -0.122. The second-order valence-electron chi connectivity index (χ2n) is 4.43. The third kappa shape index (κ3) is 4.81. The van der Waals surface area contributed by atoms with Crippen LogP contribution >= 0.6 is 0 Å². The monoisotopic (exact) mass is 286 g/mol. The van der Waals surface area contributed by atoms with Gasteiger partial charge in [-0.2, -0.15) is 4.31 Å². The first-order chi connectivity index (χ1) is 9.01. The van der Waals surface area contributed by atoms with Crippen LogP contribution in [0.2, 0.25) is 0 Å². The van der Waals surface area contributed by atoms with Crippen molar-refractivity contribution in [2.75, 3.05) is 25.4 Å². The van der Waals surface area contributed by atoms with E-state index in [0.29, 0.717) is 17.8 Å². The van der Waals surface area contributed by atoms with Gasteiger partial charge in [-0.3, -0.25) is 0 Å². The molecule has 0 aliphatic rings. The molecule has 0 radical (unpaired) electrons. The molecule has 0 unspecified atom stereocenters. The molecule has 108 valence electrons. The number of rotatable bonds is 8. The highest BCUT2D eigenvalue weighted by molar-refractivity contribution is 7.88. The molecule has 0 aliphatic heterocycles. The molecular weight excluding hydrogens is 264 g/mol. The maximum atomic E-state index is 12.3. The Balaban J connectivity index is 2.85. The standard InChI is InChI=1S/C13H22N2O3S/c1-2-3-8-15(9-10-16)19(17,18)11-12-6-4-5-7-13(12)14/h4-7,16H,2-3,8-11,14H2,1H3. The molecule has 1 rings (SSSR count). The van der Waals surface area contributed by atoms with Gasteiger partial charge in [0.15, 0.2) is 0 Å². The van der Waals surface area contributed by atoms with Gasteiger partial charge in [-0.25, -0.2) is 8.42 Å². The van der Waals surface area contributed by atoms with Crippen LogP contribution in [0, 0.1) is 0 Å². The normalized spacial score (nSPS) is 11.9. The van der Waals surface area contributed by atoms with Crippen molar-refractivity contribution in [2.24, 2.45) is 0 Å². The van der Waals surface area contributed by atoms with Crippen LogP contribution in [-0.4, -0.2) is 37.5 Å². The van der Waals surface area contributed by atoms with Crippen LogP contribution in [0.5, 0.6) is 0 Å². The van der Waals surface area contributed by atoms with Gasteiger partial charge >= 0.3 is 0 Å². The molecule has 3 N–H and O–H groups in total. The van der Waals surface area contributed by atoms with Crippen molar-refractivity contribution in [3.05, 3.63) is 29.8 Å². The number of sulfonamides is 1. The SMILES string of the molecule is CCCCN(CCO)S(=O)(=O)Cc1ccccc1N. The Morgan fingerprint density at radius 3 is 2.53 bits per heavy atom.